The number of hydrogen-bond donors (Lipinski definition) is 1. The molecule has 0 fully saturated rings. The molecule has 0 atom stereocenters. The van der Waals surface area contributed by atoms with E-state index in [9.17, 15) is 9.90 Å². The molecule has 1 aromatic carbocycles. The first-order valence-electron chi connectivity index (χ1n) is 7.12. The number of rotatable bonds is 9. The van der Waals surface area contributed by atoms with Crippen LogP contribution in [-0.2, 0) is 0 Å². The first kappa shape index (κ1) is 15.5. The molecule has 1 rings (SSSR count). The largest absolute Gasteiger partial charge is 0.507 e. The Morgan fingerprint density at radius 3 is 2.53 bits per heavy atom. The normalized spacial score (nSPS) is 10.4. The highest BCUT2D eigenvalue weighted by Gasteiger charge is 2.07. The molecule has 0 aliphatic rings. The van der Waals surface area contributed by atoms with Gasteiger partial charge in [0.25, 0.3) is 0 Å². The summed E-state index contributed by atoms with van der Waals surface area (Å²) in [5, 5.41) is 9.52. The Morgan fingerprint density at radius 2 is 1.84 bits per heavy atom. The summed E-state index contributed by atoms with van der Waals surface area (Å²) in [4.78, 5) is 11.3. The van der Waals surface area contributed by atoms with E-state index in [1.807, 2.05) is 0 Å². The smallest absolute Gasteiger partial charge is 0.163 e. The van der Waals surface area contributed by atoms with Crippen LogP contribution in [0.5, 0.6) is 11.5 Å². The Labute approximate surface area is 115 Å². The molecule has 1 aromatic rings. The molecular weight excluding hydrogens is 240 g/mol. The van der Waals surface area contributed by atoms with Gasteiger partial charge in [-0.3, -0.25) is 4.79 Å². The highest BCUT2D eigenvalue weighted by Crippen LogP contribution is 2.23. The number of ether oxygens (including phenoxy) is 1. The van der Waals surface area contributed by atoms with E-state index >= 15 is 0 Å². The van der Waals surface area contributed by atoms with Gasteiger partial charge < -0.3 is 9.84 Å². The number of ketones is 1. The second-order valence-electron chi connectivity index (χ2n) is 4.85. The first-order valence-corrected chi connectivity index (χ1v) is 7.12. The fourth-order valence-corrected chi connectivity index (χ4v) is 1.96. The van der Waals surface area contributed by atoms with Crippen LogP contribution in [0.15, 0.2) is 18.2 Å². The van der Waals surface area contributed by atoms with Crippen molar-refractivity contribution >= 4 is 5.78 Å². The summed E-state index contributed by atoms with van der Waals surface area (Å²) >= 11 is 0. The van der Waals surface area contributed by atoms with Crippen LogP contribution < -0.4 is 4.74 Å². The minimum Gasteiger partial charge on any atom is -0.507 e. The first-order chi connectivity index (χ1) is 9.15. The third kappa shape index (κ3) is 5.77. The molecule has 19 heavy (non-hydrogen) atoms. The zero-order chi connectivity index (χ0) is 14.1. The van der Waals surface area contributed by atoms with Gasteiger partial charge in [0.2, 0.25) is 0 Å². The fourth-order valence-electron chi connectivity index (χ4n) is 1.96. The predicted molar refractivity (Wildman–Crippen MR) is 77.0 cm³/mol. The number of phenolic OH excluding ortho intramolecular Hbond substituents is 1. The third-order valence-electron chi connectivity index (χ3n) is 3.11. The van der Waals surface area contributed by atoms with Crippen LogP contribution in [0.25, 0.3) is 0 Å². The van der Waals surface area contributed by atoms with E-state index < -0.39 is 0 Å². The molecule has 0 spiro atoms. The maximum Gasteiger partial charge on any atom is 0.163 e. The Bertz CT molecular complexity index is 399. The lowest BCUT2D eigenvalue weighted by Crippen LogP contribution is -1.99. The van der Waals surface area contributed by atoms with Crippen molar-refractivity contribution in [2.75, 3.05) is 6.61 Å². The number of aromatic hydroxyl groups is 1. The van der Waals surface area contributed by atoms with Gasteiger partial charge in [-0.1, -0.05) is 39.0 Å². The molecule has 0 aliphatic carbocycles. The molecule has 0 radical (unpaired) electrons. The van der Waals surface area contributed by atoms with Gasteiger partial charge in [-0.25, -0.2) is 0 Å². The number of carbonyl (C=O) groups excluding carboxylic acids is 1. The van der Waals surface area contributed by atoms with Crippen molar-refractivity contribution in [2.24, 2.45) is 0 Å². The van der Waals surface area contributed by atoms with E-state index in [1.165, 1.54) is 45.1 Å². The molecule has 3 nitrogen and oxygen atoms in total. The SMILES string of the molecule is CCCCCCCCOc1ccc(O)c(C(C)=O)c1. The van der Waals surface area contributed by atoms with Crippen LogP contribution in [0.2, 0.25) is 0 Å². The molecule has 106 valence electrons. The van der Waals surface area contributed by atoms with Gasteiger partial charge in [-0.15, -0.1) is 0 Å². The van der Waals surface area contributed by atoms with Gasteiger partial charge in [0, 0.05) is 0 Å². The van der Waals surface area contributed by atoms with E-state index in [0.29, 0.717) is 17.9 Å². The predicted octanol–water partition coefficient (Wildman–Crippen LogP) is 4.33. The van der Waals surface area contributed by atoms with Crippen molar-refractivity contribution in [3.63, 3.8) is 0 Å². The van der Waals surface area contributed by atoms with Gasteiger partial charge >= 0.3 is 0 Å². The Kier molecular flexibility index (Phi) is 7.01. The van der Waals surface area contributed by atoms with Crippen molar-refractivity contribution in [3.8, 4) is 11.5 Å². The average Bonchev–Trinajstić information content (AvgIpc) is 2.39. The lowest BCUT2D eigenvalue weighted by atomic mass is 10.1. The number of hydrogen-bond acceptors (Lipinski definition) is 3. The Balaban J connectivity index is 2.30. The standard InChI is InChI=1S/C16H24O3/c1-3-4-5-6-7-8-11-19-14-9-10-16(18)15(12-14)13(2)17/h9-10,12,18H,3-8,11H2,1-2H3. The second-order valence-corrected chi connectivity index (χ2v) is 4.85. The number of benzene rings is 1. The Morgan fingerprint density at radius 1 is 1.16 bits per heavy atom. The van der Waals surface area contributed by atoms with Gasteiger partial charge in [-0.05, 0) is 31.5 Å². The van der Waals surface area contributed by atoms with E-state index in [-0.39, 0.29) is 11.5 Å². The topological polar surface area (TPSA) is 46.5 Å². The summed E-state index contributed by atoms with van der Waals surface area (Å²) in [6.07, 6.45) is 7.33. The van der Waals surface area contributed by atoms with E-state index in [4.69, 9.17) is 4.74 Å². The molecule has 0 amide bonds. The molecule has 0 aliphatic heterocycles. The molecule has 0 saturated carbocycles. The molecule has 1 N–H and O–H groups in total. The zero-order valence-electron chi connectivity index (χ0n) is 11.9. The molecule has 0 bridgehead atoms. The zero-order valence-corrected chi connectivity index (χ0v) is 11.9. The average molecular weight is 264 g/mol. The van der Waals surface area contributed by atoms with Crippen LogP contribution >= 0.6 is 0 Å². The summed E-state index contributed by atoms with van der Waals surface area (Å²) in [6.45, 7) is 4.31. The van der Waals surface area contributed by atoms with Gasteiger partial charge in [0.05, 0.1) is 12.2 Å². The lowest BCUT2D eigenvalue weighted by molar-refractivity contribution is 0.101. The van der Waals surface area contributed by atoms with Gasteiger partial charge in [0.15, 0.2) is 5.78 Å². The van der Waals surface area contributed by atoms with Crippen LogP contribution in [0.1, 0.15) is 62.7 Å². The van der Waals surface area contributed by atoms with Crippen LogP contribution in [0, 0.1) is 0 Å². The van der Waals surface area contributed by atoms with Crippen molar-refractivity contribution in [3.05, 3.63) is 23.8 Å². The monoisotopic (exact) mass is 264 g/mol. The summed E-state index contributed by atoms with van der Waals surface area (Å²) in [7, 11) is 0. The van der Waals surface area contributed by atoms with Crippen molar-refractivity contribution < 1.29 is 14.6 Å². The minimum atomic E-state index is -0.150. The maximum absolute atomic E-state index is 11.3. The molecule has 0 heterocycles. The van der Waals surface area contributed by atoms with Crippen LogP contribution in [0.4, 0.5) is 0 Å². The summed E-state index contributed by atoms with van der Waals surface area (Å²) in [5.41, 5.74) is 0.320. The number of carbonyl (C=O) groups is 1. The number of unbranched alkanes of at least 4 members (excludes halogenated alkanes) is 5. The molecule has 0 saturated heterocycles. The number of Topliss-reactive ketones (excluding diaryl/α,β-unsaturated/α-hetero) is 1. The van der Waals surface area contributed by atoms with Crippen molar-refractivity contribution in [1.82, 2.24) is 0 Å². The molecular formula is C16H24O3. The van der Waals surface area contributed by atoms with E-state index in [2.05, 4.69) is 6.92 Å². The highest BCUT2D eigenvalue weighted by atomic mass is 16.5. The van der Waals surface area contributed by atoms with Crippen molar-refractivity contribution in [2.45, 2.75) is 52.4 Å². The molecule has 0 aromatic heterocycles. The number of phenols is 1. The van der Waals surface area contributed by atoms with Gasteiger partial charge in [0.1, 0.15) is 11.5 Å². The van der Waals surface area contributed by atoms with Gasteiger partial charge in [-0.2, -0.15) is 0 Å². The minimum absolute atomic E-state index is 0.0133. The summed E-state index contributed by atoms with van der Waals surface area (Å²) < 4.78 is 5.60. The maximum atomic E-state index is 11.3. The van der Waals surface area contributed by atoms with E-state index in [0.717, 1.165) is 6.42 Å². The lowest BCUT2D eigenvalue weighted by Gasteiger charge is -2.08. The Hall–Kier alpha value is -1.51. The molecule has 0 unspecified atom stereocenters. The second kappa shape index (κ2) is 8.57. The fraction of sp³-hybridized carbons (Fsp3) is 0.562. The van der Waals surface area contributed by atoms with Crippen LogP contribution in [0.3, 0.4) is 0 Å². The highest BCUT2D eigenvalue weighted by molar-refractivity contribution is 5.97. The summed E-state index contributed by atoms with van der Waals surface area (Å²) in [6, 6.07) is 4.81. The van der Waals surface area contributed by atoms with Crippen LogP contribution in [-0.4, -0.2) is 17.5 Å². The van der Waals surface area contributed by atoms with E-state index in [1.54, 1.807) is 12.1 Å². The molecule has 3 heteroatoms. The summed E-state index contributed by atoms with van der Waals surface area (Å²) in [5.74, 6) is 0.512. The third-order valence-corrected chi connectivity index (χ3v) is 3.11. The quantitative estimate of drug-likeness (QED) is 0.533. The van der Waals surface area contributed by atoms with Crippen molar-refractivity contribution in [1.29, 1.82) is 0 Å².